The molecule has 2 N–H and O–H groups in total. The molecule has 1 aromatic rings. The topological polar surface area (TPSA) is 46.3 Å². The first-order valence-corrected chi connectivity index (χ1v) is 5.66. The summed E-state index contributed by atoms with van der Waals surface area (Å²) >= 11 is 0. The summed E-state index contributed by atoms with van der Waals surface area (Å²) in [6, 6.07) is 5.50. The Labute approximate surface area is 100 Å². The number of halogens is 1. The summed E-state index contributed by atoms with van der Waals surface area (Å²) in [5.41, 5.74) is 6.45. The molecule has 2 rings (SSSR count). The van der Waals surface area contributed by atoms with Crippen LogP contribution < -0.4 is 5.73 Å². The number of hydrogen-bond donors (Lipinski definition) is 1. The van der Waals surface area contributed by atoms with Gasteiger partial charge in [-0.25, -0.2) is 4.39 Å². The molecule has 1 aliphatic rings. The summed E-state index contributed by atoms with van der Waals surface area (Å²) < 4.78 is 12.9. The number of β-lactam (4-membered cyclic amide) rings is 1. The number of nitrogens with two attached hydrogens (primary N) is 1. The van der Waals surface area contributed by atoms with Crippen LogP contribution >= 0.6 is 0 Å². The van der Waals surface area contributed by atoms with Gasteiger partial charge in [-0.3, -0.25) is 4.79 Å². The summed E-state index contributed by atoms with van der Waals surface area (Å²) in [5.74, 6) is -0.331. The second-order valence-electron chi connectivity index (χ2n) is 5.40. The lowest BCUT2D eigenvalue weighted by Crippen LogP contribution is -2.68. The molecule has 2 atom stereocenters. The average molecular weight is 236 g/mol. The van der Waals surface area contributed by atoms with Crippen molar-refractivity contribution in [2.75, 3.05) is 0 Å². The maximum atomic E-state index is 12.9. The van der Waals surface area contributed by atoms with Crippen molar-refractivity contribution in [3.8, 4) is 0 Å². The van der Waals surface area contributed by atoms with Gasteiger partial charge in [0.15, 0.2) is 0 Å². The van der Waals surface area contributed by atoms with Crippen molar-refractivity contribution in [1.29, 1.82) is 0 Å². The van der Waals surface area contributed by atoms with E-state index >= 15 is 0 Å². The molecule has 0 saturated carbocycles. The van der Waals surface area contributed by atoms with Crippen LogP contribution in [0, 0.1) is 5.82 Å². The predicted octanol–water partition coefficient (Wildman–Crippen LogP) is 1.83. The molecule has 1 aromatic carbocycles. The number of nitrogens with zero attached hydrogens (tertiary/aromatic N) is 1. The first-order valence-electron chi connectivity index (χ1n) is 5.66. The van der Waals surface area contributed by atoms with E-state index in [1.165, 1.54) is 12.1 Å². The molecule has 1 saturated heterocycles. The van der Waals surface area contributed by atoms with Crippen LogP contribution in [0.15, 0.2) is 24.3 Å². The third kappa shape index (κ3) is 1.93. The highest BCUT2D eigenvalue weighted by Crippen LogP contribution is 2.39. The van der Waals surface area contributed by atoms with Gasteiger partial charge in [0.25, 0.3) is 0 Å². The monoisotopic (exact) mass is 236 g/mol. The molecule has 0 bridgehead atoms. The molecule has 3 nitrogen and oxygen atoms in total. The van der Waals surface area contributed by atoms with Gasteiger partial charge in [-0.15, -0.1) is 0 Å². The van der Waals surface area contributed by atoms with E-state index in [1.807, 2.05) is 20.8 Å². The lowest BCUT2D eigenvalue weighted by atomic mass is 9.84. The van der Waals surface area contributed by atoms with E-state index in [2.05, 4.69) is 0 Å². The van der Waals surface area contributed by atoms with Crippen LogP contribution in [-0.4, -0.2) is 22.4 Å². The Balaban J connectivity index is 2.31. The van der Waals surface area contributed by atoms with Crippen LogP contribution in [-0.2, 0) is 4.79 Å². The van der Waals surface area contributed by atoms with Gasteiger partial charge in [-0.1, -0.05) is 12.1 Å². The standard InChI is InChI=1S/C13H17FN2O/c1-13(2,3)16-11(10(15)12(16)17)8-4-6-9(14)7-5-8/h4-7,10-11H,15H2,1-3H3/t10-,11+/m0/s1. The normalized spacial score (nSPS) is 24.8. The van der Waals surface area contributed by atoms with E-state index in [9.17, 15) is 9.18 Å². The highest BCUT2D eigenvalue weighted by atomic mass is 19.1. The molecule has 1 fully saturated rings. The first-order chi connectivity index (χ1) is 7.82. The van der Waals surface area contributed by atoms with E-state index in [0.29, 0.717) is 0 Å². The van der Waals surface area contributed by atoms with Crippen LogP contribution in [0.2, 0.25) is 0 Å². The molecule has 4 heteroatoms. The summed E-state index contributed by atoms with van der Waals surface area (Å²) in [5, 5.41) is 0. The molecule has 0 aromatic heterocycles. The summed E-state index contributed by atoms with van der Waals surface area (Å²) in [6.07, 6.45) is 0. The van der Waals surface area contributed by atoms with Crippen molar-refractivity contribution < 1.29 is 9.18 Å². The fourth-order valence-electron chi connectivity index (χ4n) is 2.28. The zero-order chi connectivity index (χ0) is 12.8. The molecular weight excluding hydrogens is 219 g/mol. The van der Waals surface area contributed by atoms with Gasteiger partial charge in [0.2, 0.25) is 5.91 Å². The number of hydrogen-bond acceptors (Lipinski definition) is 2. The zero-order valence-corrected chi connectivity index (χ0v) is 10.3. The first kappa shape index (κ1) is 12.0. The molecule has 0 aliphatic carbocycles. The van der Waals surface area contributed by atoms with Gasteiger partial charge in [0.1, 0.15) is 11.9 Å². The van der Waals surface area contributed by atoms with Gasteiger partial charge in [-0.2, -0.15) is 0 Å². The number of carbonyl (C=O) groups excluding carboxylic acids is 1. The van der Waals surface area contributed by atoms with Crippen LogP contribution in [0.3, 0.4) is 0 Å². The van der Waals surface area contributed by atoms with E-state index < -0.39 is 6.04 Å². The lowest BCUT2D eigenvalue weighted by Gasteiger charge is -2.52. The summed E-state index contributed by atoms with van der Waals surface area (Å²) in [4.78, 5) is 13.5. The molecule has 1 amide bonds. The highest BCUT2D eigenvalue weighted by molar-refractivity contribution is 5.90. The van der Waals surface area contributed by atoms with E-state index in [1.54, 1.807) is 17.0 Å². The van der Waals surface area contributed by atoms with Gasteiger partial charge < -0.3 is 10.6 Å². The number of amides is 1. The fourth-order valence-corrected chi connectivity index (χ4v) is 2.28. The van der Waals surface area contributed by atoms with Crippen LogP contribution in [0.5, 0.6) is 0 Å². The van der Waals surface area contributed by atoms with E-state index in [-0.39, 0.29) is 23.3 Å². The number of rotatable bonds is 1. The Morgan fingerprint density at radius 2 is 1.76 bits per heavy atom. The molecule has 0 unspecified atom stereocenters. The third-order valence-corrected chi connectivity index (χ3v) is 3.08. The lowest BCUT2D eigenvalue weighted by molar-refractivity contribution is -0.158. The van der Waals surface area contributed by atoms with Crippen LogP contribution in [0.4, 0.5) is 4.39 Å². The van der Waals surface area contributed by atoms with Crippen molar-refractivity contribution in [3.63, 3.8) is 0 Å². The summed E-state index contributed by atoms with van der Waals surface area (Å²) in [7, 11) is 0. The van der Waals surface area contributed by atoms with E-state index in [4.69, 9.17) is 5.73 Å². The molecule has 92 valence electrons. The number of likely N-dealkylation sites (tertiary alicyclic amines) is 1. The maximum absolute atomic E-state index is 12.9. The van der Waals surface area contributed by atoms with Crippen molar-refractivity contribution in [3.05, 3.63) is 35.6 Å². The van der Waals surface area contributed by atoms with Crippen molar-refractivity contribution >= 4 is 5.91 Å². The second kappa shape index (κ2) is 3.81. The Morgan fingerprint density at radius 1 is 1.24 bits per heavy atom. The van der Waals surface area contributed by atoms with Crippen LogP contribution in [0.25, 0.3) is 0 Å². The van der Waals surface area contributed by atoms with Crippen molar-refractivity contribution in [1.82, 2.24) is 4.90 Å². The van der Waals surface area contributed by atoms with Gasteiger partial charge in [0, 0.05) is 5.54 Å². The van der Waals surface area contributed by atoms with Gasteiger partial charge in [0.05, 0.1) is 6.04 Å². The Morgan fingerprint density at radius 3 is 2.24 bits per heavy atom. The quantitative estimate of drug-likeness (QED) is 0.756. The largest absolute Gasteiger partial charge is 0.327 e. The molecule has 0 spiro atoms. The Hall–Kier alpha value is -1.42. The highest BCUT2D eigenvalue weighted by Gasteiger charge is 2.50. The molecular formula is C13H17FN2O. The minimum atomic E-state index is -0.514. The minimum Gasteiger partial charge on any atom is -0.327 e. The maximum Gasteiger partial charge on any atom is 0.243 e. The van der Waals surface area contributed by atoms with Crippen molar-refractivity contribution in [2.45, 2.75) is 38.4 Å². The van der Waals surface area contributed by atoms with E-state index in [0.717, 1.165) is 5.56 Å². The molecule has 1 heterocycles. The molecule has 0 radical (unpaired) electrons. The van der Waals surface area contributed by atoms with Gasteiger partial charge >= 0.3 is 0 Å². The summed E-state index contributed by atoms with van der Waals surface area (Å²) in [6.45, 7) is 5.90. The zero-order valence-electron chi connectivity index (χ0n) is 10.3. The Kier molecular flexibility index (Phi) is 2.70. The van der Waals surface area contributed by atoms with Crippen LogP contribution in [0.1, 0.15) is 32.4 Å². The minimum absolute atomic E-state index is 0.0492. The third-order valence-electron chi connectivity index (χ3n) is 3.08. The number of carbonyl (C=O) groups is 1. The molecule has 17 heavy (non-hydrogen) atoms. The smallest absolute Gasteiger partial charge is 0.243 e. The van der Waals surface area contributed by atoms with Gasteiger partial charge in [-0.05, 0) is 38.5 Å². The fraction of sp³-hybridized carbons (Fsp3) is 0.462. The Bertz CT molecular complexity index is 436. The van der Waals surface area contributed by atoms with Crippen molar-refractivity contribution in [2.24, 2.45) is 5.73 Å². The molecule has 1 aliphatic heterocycles. The second-order valence-corrected chi connectivity index (χ2v) is 5.40. The SMILES string of the molecule is CC(C)(C)N1C(=O)[C@@H](N)[C@H]1c1ccc(F)cc1. The predicted molar refractivity (Wildman–Crippen MR) is 63.7 cm³/mol. The average Bonchev–Trinajstić information content (AvgIpc) is 2.24. The number of benzene rings is 1.